The molecule has 21 heavy (non-hydrogen) atoms. The Morgan fingerprint density at radius 3 is 2.57 bits per heavy atom. The van der Waals surface area contributed by atoms with Crippen LogP contribution in [0.5, 0.6) is 11.5 Å². The SMILES string of the molecule is N#Cc1c(Br)cccc1Oc1cc(F)c([N+](=O)[O-])cc1F. The smallest absolute Gasteiger partial charge is 0.307 e. The second-order valence-electron chi connectivity index (χ2n) is 3.82. The van der Waals surface area contributed by atoms with Crippen LogP contribution in [0.1, 0.15) is 5.56 Å². The molecule has 106 valence electrons. The lowest BCUT2D eigenvalue weighted by Gasteiger charge is -2.09. The second-order valence-corrected chi connectivity index (χ2v) is 4.67. The number of nitro groups is 1. The van der Waals surface area contributed by atoms with Crippen molar-refractivity contribution in [3.8, 4) is 17.6 Å². The fourth-order valence-corrected chi connectivity index (χ4v) is 1.99. The minimum Gasteiger partial charge on any atom is -0.453 e. The van der Waals surface area contributed by atoms with E-state index >= 15 is 0 Å². The number of nitro benzene ring substituents is 1. The van der Waals surface area contributed by atoms with Crippen molar-refractivity contribution in [2.75, 3.05) is 0 Å². The average Bonchev–Trinajstić information content (AvgIpc) is 2.42. The molecule has 0 unspecified atom stereocenters. The number of hydrogen-bond donors (Lipinski definition) is 0. The Hall–Kier alpha value is -2.53. The summed E-state index contributed by atoms with van der Waals surface area (Å²) in [7, 11) is 0. The van der Waals surface area contributed by atoms with Crippen molar-refractivity contribution in [1.29, 1.82) is 5.26 Å². The van der Waals surface area contributed by atoms with Crippen molar-refractivity contribution in [3.63, 3.8) is 0 Å². The van der Waals surface area contributed by atoms with E-state index in [1.165, 1.54) is 6.07 Å². The van der Waals surface area contributed by atoms with Gasteiger partial charge in [-0.05, 0) is 28.1 Å². The van der Waals surface area contributed by atoms with Gasteiger partial charge in [0.25, 0.3) is 0 Å². The maximum Gasteiger partial charge on any atom is 0.307 e. The van der Waals surface area contributed by atoms with Crippen LogP contribution in [0.2, 0.25) is 0 Å². The first-order valence-corrected chi connectivity index (χ1v) is 6.23. The summed E-state index contributed by atoms with van der Waals surface area (Å²) >= 11 is 3.12. The van der Waals surface area contributed by atoms with Crippen molar-refractivity contribution < 1.29 is 18.4 Å². The number of halogens is 3. The Kier molecular flexibility index (Phi) is 4.14. The van der Waals surface area contributed by atoms with Gasteiger partial charge in [0.2, 0.25) is 5.82 Å². The minimum absolute atomic E-state index is 0.000900. The summed E-state index contributed by atoms with van der Waals surface area (Å²) in [6.07, 6.45) is 0. The fraction of sp³-hybridized carbons (Fsp3) is 0. The van der Waals surface area contributed by atoms with Crippen LogP contribution in [0.4, 0.5) is 14.5 Å². The van der Waals surface area contributed by atoms with Gasteiger partial charge in [-0.25, -0.2) is 4.39 Å². The molecule has 0 radical (unpaired) electrons. The number of benzene rings is 2. The molecule has 0 aliphatic carbocycles. The summed E-state index contributed by atoms with van der Waals surface area (Å²) in [6, 6.07) is 7.36. The fourth-order valence-electron chi connectivity index (χ4n) is 1.55. The quantitative estimate of drug-likeness (QED) is 0.608. The minimum atomic E-state index is -1.23. The Bertz CT molecular complexity index is 775. The lowest BCUT2D eigenvalue weighted by atomic mass is 10.2. The van der Waals surface area contributed by atoms with Crippen molar-refractivity contribution in [2.45, 2.75) is 0 Å². The molecule has 0 saturated carbocycles. The largest absolute Gasteiger partial charge is 0.453 e. The van der Waals surface area contributed by atoms with E-state index in [0.717, 1.165) is 0 Å². The monoisotopic (exact) mass is 354 g/mol. The summed E-state index contributed by atoms with van der Waals surface area (Å²) in [5, 5.41) is 19.5. The van der Waals surface area contributed by atoms with Crippen molar-refractivity contribution >= 4 is 21.6 Å². The molecular formula is C13H5BrF2N2O3. The third-order valence-electron chi connectivity index (χ3n) is 2.51. The van der Waals surface area contributed by atoms with Gasteiger partial charge >= 0.3 is 5.69 Å². The lowest BCUT2D eigenvalue weighted by Crippen LogP contribution is -1.97. The van der Waals surface area contributed by atoms with Gasteiger partial charge in [-0.1, -0.05) is 6.07 Å². The molecule has 5 nitrogen and oxygen atoms in total. The highest BCUT2D eigenvalue weighted by Gasteiger charge is 2.20. The Morgan fingerprint density at radius 2 is 1.95 bits per heavy atom. The van der Waals surface area contributed by atoms with E-state index in [-0.39, 0.29) is 11.3 Å². The third-order valence-corrected chi connectivity index (χ3v) is 3.17. The maximum absolute atomic E-state index is 13.7. The molecule has 0 amide bonds. The topological polar surface area (TPSA) is 76.2 Å². The predicted molar refractivity (Wildman–Crippen MR) is 71.9 cm³/mol. The van der Waals surface area contributed by atoms with Crippen LogP contribution in [0, 0.1) is 33.1 Å². The van der Waals surface area contributed by atoms with Gasteiger partial charge in [-0.3, -0.25) is 10.1 Å². The summed E-state index contributed by atoms with van der Waals surface area (Å²) in [5.74, 6) is -2.89. The molecule has 2 rings (SSSR count). The van der Waals surface area contributed by atoms with Gasteiger partial charge in [0.1, 0.15) is 17.4 Å². The summed E-state index contributed by atoms with van der Waals surface area (Å²) < 4.78 is 32.8. The van der Waals surface area contributed by atoms with Gasteiger partial charge in [0.15, 0.2) is 11.6 Å². The first-order chi connectivity index (χ1) is 9.93. The van der Waals surface area contributed by atoms with Gasteiger partial charge in [-0.15, -0.1) is 0 Å². The molecule has 0 spiro atoms. The van der Waals surface area contributed by atoms with Gasteiger partial charge < -0.3 is 4.74 Å². The van der Waals surface area contributed by atoms with Crippen LogP contribution >= 0.6 is 15.9 Å². The van der Waals surface area contributed by atoms with Crippen LogP contribution in [0.15, 0.2) is 34.8 Å². The molecule has 0 bridgehead atoms. The molecule has 0 aromatic heterocycles. The lowest BCUT2D eigenvalue weighted by molar-refractivity contribution is -0.387. The Morgan fingerprint density at radius 1 is 1.24 bits per heavy atom. The van der Waals surface area contributed by atoms with E-state index in [0.29, 0.717) is 16.6 Å². The van der Waals surface area contributed by atoms with Crippen LogP contribution in [-0.2, 0) is 0 Å². The number of nitriles is 1. The average molecular weight is 355 g/mol. The summed E-state index contributed by atoms with van der Waals surface area (Å²) in [4.78, 5) is 9.46. The van der Waals surface area contributed by atoms with Crippen LogP contribution in [0.25, 0.3) is 0 Å². The van der Waals surface area contributed by atoms with Crippen LogP contribution in [0.3, 0.4) is 0 Å². The van der Waals surface area contributed by atoms with Gasteiger partial charge in [0, 0.05) is 10.5 Å². The molecular weight excluding hydrogens is 350 g/mol. The van der Waals surface area contributed by atoms with Gasteiger partial charge in [0.05, 0.1) is 11.0 Å². The molecule has 0 N–H and O–H groups in total. The first-order valence-electron chi connectivity index (χ1n) is 5.44. The first kappa shape index (κ1) is 14.9. The molecule has 0 heterocycles. The molecule has 2 aromatic rings. The van der Waals surface area contributed by atoms with Gasteiger partial charge in [-0.2, -0.15) is 9.65 Å². The number of nitrogens with zero attached hydrogens (tertiary/aromatic N) is 2. The highest BCUT2D eigenvalue weighted by atomic mass is 79.9. The predicted octanol–water partition coefficient (Wildman–Crippen LogP) is 4.30. The zero-order valence-corrected chi connectivity index (χ0v) is 11.7. The van der Waals surface area contributed by atoms with E-state index in [2.05, 4.69) is 15.9 Å². The van der Waals surface area contributed by atoms with Crippen LogP contribution < -0.4 is 4.74 Å². The standard InChI is InChI=1S/C13H5BrF2N2O3/c14-8-2-1-3-12(7(8)6-17)21-13-5-9(15)11(18(19)20)4-10(13)16/h1-5H. The molecule has 0 aliphatic heterocycles. The number of ether oxygens (including phenoxy) is 1. The highest BCUT2D eigenvalue weighted by Crippen LogP contribution is 2.33. The Balaban J connectivity index is 2.47. The van der Waals surface area contributed by atoms with Crippen molar-refractivity contribution in [2.24, 2.45) is 0 Å². The zero-order chi connectivity index (χ0) is 15.6. The molecule has 2 aromatic carbocycles. The second kappa shape index (κ2) is 5.85. The number of hydrogen-bond acceptors (Lipinski definition) is 4. The van der Waals surface area contributed by atoms with E-state index < -0.39 is 28.0 Å². The summed E-state index contributed by atoms with van der Waals surface area (Å²) in [6.45, 7) is 0. The highest BCUT2D eigenvalue weighted by molar-refractivity contribution is 9.10. The van der Waals surface area contributed by atoms with E-state index in [4.69, 9.17) is 10.00 Å². The molecule has 0 saturated heterocycles. The molecule has 0 fully saturated rings. The Labute approximate surface area is 125 Å². The number of rotatable bonds is 3. The third kappa shape index (κ3) is 2.98. The van der Waals surface area contributed by atoms with E-state index in [1.807, 2.05) is 6.07 Å². The van der Waals surface area contributed by atoms with E-state index in [9.17, 15) is 18.9 Å². The maximum atomic E-state index is 13.7. The zero-order valence-electron chi connectivity index (χ0n) is 10.1. The molecule has 0 aliphatic rings. The van der Waals surface area contributed by atoms with Crippen molar-refractivity contribution in [1.82, 2.24) is 0 Å². The normalized spacial score (nSPS) is 10.0. The van der Waals surface area contributed by atoms with Crippen molar-refractivity contribution in [3.05, 3.63) is 62.1 Å². The molecule has 0 atom stereocenters. The van der Waals surface area contributed by atoms with E-state index in [1.54, 1.807) is 12.1 Å². The summed E-state index contributed by atoms with van der Waals surface area (Å²) in [5.41, 5.74) is -0.898. The molecule has 8 heteroatoms. The van der Waals surface area contributed by atoms with Crippen LogP contribution in [-0.4, -0.2) is 4.92 Å².